The molecule has 0 heterocycles. The van der Waals surface area contributed by atoms with Gasteiger partial charge in [0.15, 0.2) is 0 Å². The molecule has 1 radical (unpaired) electrons. The molecule has 0 aromatic heterocycles. The van der Waals surface area contributed by atoms with E-state index in [4.69, 9.17) is 11.0 Å². The summed E-state index contributed by atoms with van der Waals surface area (Å²) >= 11 is 0. The van der Waals surface area contributed by atoms with Crippen molar-refractivity contribution in [3.63, 3.8) is 0 Å². The Morgan fingerprint density at radius 2 is 1.54 bits per heavy atom. The van der Waals surface area contributed by atoms with E-state index < -0.39 is 6.04 Å². The van der Waals surface area contributed by atoms with Crippen molar-refractivity contribution in [3.8, 4) is 6.07 Å². The Morgan fingerprint density at radius 1 is 1.08 bits per heavy atom. The van der Waals surface area contributed by atoms with Crippen molar-refractivity contribution in [2.45, 2.75) is 51.0 Å². The van der Waals surface area contributed by atoms with Crippen LogP contribution in [0.1, 0.15) is 44.9 Å². The van der Waals surface area contributed by atoms with Crippen LogP contribution in [0.4, 0.5) is 0 Å². The minimum atomic E-state index is -0.469. The smallest absolute Gasteiger partial charge is 0.0430 e. The molecule has 3 heteroatoms. The van der Waals surface area contributed by atoms with Crippen LogP contribution in [0.15, 0.2) is 0 Å². The van der Waals surface area contributed by atoms with Gasteiger partial charge in [-0.05, 0) is 12.0 Å². The molecule has 0 aromatic carbocycles. The number of nitrogens with zero attached hydrogens (tertiary/aromatic N) is 1. The van der Waals surface area contributed by atoms with Gasteiger partial charge in [0.25, 0.3) is 0 Å². The molecular formula is C10H17N2Re-. The normalized spacial score (nSPS) is 21.8. The van der Waals surface area contributed by atoms with E-state index in [1.165, 1.54) is 32.1 Å². The molecule has 1 fully saturated rings. The maximum atomic E-state index is 8.61. The quantitative estimate of drug-likeness (QED) is 0.715. The van der Waals surface area contributed by atoms with Gasteiger partial charge in [-0.25, -0.2) is 0 Å². The van der Waals surface area contributed by atoms with Crippen molar-refractivity contribution >= 4 is 0 Å². The molecule has 1 atom stereocenters. The number of nitrogens with one attached hydrogen (secondary N) is 1. The van der Waals surface area contributed by atoms with Gasteiger partial charge in [0.05, 0.1) is 0 Å². The third-order valence-corrected chi connectivity index (χ3v) is 2.76. The van der Waals surface area contributed by atoms with E-state index in [0.717, 1.165) is 12.8 Å². The van der Waals surface area contributed by atoms with Gasteiger partial charge in [-0.2, -0.15) is 5.26 Å². The average molecular weight is 351 g/mol. The average Bonchev–Trinajstić information content (AvgIpc) is 2.02. The molecule has 1 N–H and O–H groups in total. The van der Waals surface area contributed by atoms with Gasteiger partial charge in [-0.1, -0.05) is 44.9 Å². The molecule has 1 unspecified atom stereocenters. The van der Waals surface area contributed by atoms with Gasteiger partial charge in [0.1, 0.15) is 0 Å². The summed E-state index contributed by atoms with van der Waals surface area (Å²) < 4.78 is 0. The van der Waals surface area contributed by atoms with Gasteiger partial charge in [-0.3, -0.25) is 0 Å². The fourth-order valence-electron chi connectivity index (χ4n) is 1.93. The summed E-state index contributed by atoms with van der Waals surface area (Å²) in [4.78, 5) is 0. The summed E-state index contributed by atoms with van der Waals surface area (Å²) in [5.74, 6) is 0.357. The largest absolute Gasteiger partial charge is 0.662 e. The molecule has 75 valence electrons. The zero-order valence-corrected chi connectivity index (χ0v) is 10.6. The second-order valence-electron chi connectivity index (χ2n) is 3.71. The van der Waals surface area contributed by atoms with Crippen LogP contribution in [-0.2, 0) is 20.4 Å². The zero-order valence-electron chi connectivity index (χ0n) is 7.93. The monoisotopic (exact) mass is 352 g/mol. The Morgan fingerprint density at radius 3 is 2.00 bits per heavy atom. The maximum Gasteiger partial charge on any atom is 0.0430 e. The predicted octanol–water partition coefficient (Wildman–Crippen LogP) is 3.29. The Labute approximate surface area is 94.5 Å². The second-order valence-corrected chi connectivity index (χ2v) is 3.71. The summed E-state index contributed by atoms with van der Waals surface area (Å²) in [6, 6.07) is 1.58. The third-order valence-electron chi connectivity index (χ3n) is 2.76. The van der Waals surface area contributed by atoms with E-state index in [-0.39, 0.29) is 20.4 Å². The molecule has 1 aliphatic rings. The summed E-state index contributed by atoms with van der Waals surface area (Å²) in [6.07, 6.45) is 8.60. The van der Waals surface area contributed by atoms with Gasteiger partial charge in [-0.15, -0.1) is 0 Å². The van der Waals surface area contributed by atoms with Crippen molar-refractivity contribution in [2.75, 3.05) is 0 Å². The molecule has 0 spiro atoms. The van der Waals surface area contributed by atoms with Crippen LogP contribution in [0.3, 0.4) is 0 Å². The van der Waals surface area contributed by atoms with Crippen LogP contribution in [0, 0.1) is 17.2 Å². The molecule has 2 nitrogen and oxygen atoms in total. The van der Waals surface area contributed by atoms with Gasteiger partial charge in [0.2, 0.25) is 0 Å². The fourth-order valence-corrected chi connectivity index (χ4v) is 1.93. The number of nitriles is 1. The predicted molar refractivity (Wildman–Crippen MR) is 49.5 cm³/mol. The maximum absolute atomic E-state index is 8.61. The molecule has 0 saturated heterocycles. The van der Waals surface area contributed by atoms with Crippen molar-refractivity contribution < 1.29 is 20.4 Å². The second kappa shape index (κ2) is 7.51. The number of rotatable bonds is 1. The number of hydrogen-bond donors (Lipinski definition) is 0. The molecule has 0 amide bonds. The minimum Gasteiger partial charge on any atom is -0.662 e. The van der Waals surface area contributed by atoms with Crippen molar-refractivity contribution in [1.82, 2.24) is 0 Å². The van der Waals surface area contributed by atoms with E-state index in [1.54, 1.807) is 0 Å². The Bertz CT molecular complexity index is 157. The molecule has 1 rings (SSSR count). The van der Waals surface area contributed by atoms with E-state index in [1.807, 2.05) is 6.07 Å². The van der Waals surface area contributed by atoms with Crippen LogP contribution in [0.2, 0.25) is 0 Å². The summed E-state index contributed by atoms with van der Waals surface area (Å²) in [5.41, 5.74) is 7.52. The zero-order chi connectivity index (χ0) is 8.81. The summed E-state index contributed by atoms with van der Waals surface area (Å²) in [6.45, 7) is 0. The minimum absolute atomic E-state index is 0. The van der Waals surface area contributed by atoms with Crippen molar-refractivity contribution in [1.29, 1.82) is 5.26 Å². The molecule has 0 aliphatic heterocycles. The van der Waals surface area contributed by atoms with Gasteiger partial charge in [0, 0.05) is 26.5 Å². The first kappa shape index (κ1) is 13.1. The van der Waals surface area contributed by atoms with E-state index in [9.17, 15) is 0 Å². The Balaban J connectivity index is 0.00000144. The first-order chi connectivity index (χ1) is 5.84. The van der Waals surface area contributed by atoms with Gasteiger partial charge >= 0.3 is 0 Å². The van der Waals surface area contributed by atoms with Gasteiger partial charge < -0.3 is 5.73 Å². The molecule has 13 heavy (non-hydrogen) atoms. The number of hydrogen-bond acceptors (Lipinski definition) is 1. The summed E-state index contributed by atoms with van der Waals surface area (Å²) in [5, 5.41) is 8.61. The molecular weight excluding hydrogens is 334 g/mol. The van der Waals surface area contributed by atoms with E-state index >= 15 is 0 Å². The Kier molecular flexibility index (Phi) is 7.57. The third kappa shape index (κ3) is 4.77. The summed E-state index contributed by atoms with van der Waals surface area (Å²) in [7, 11) is 0. The molecule has 0 aromatic rings. The Hall–Kier alpha value is 0.112. The standard InChI is InChI=1S/C10H17N2.Re/c11-8-10(12)9-6-4-2-1-3-5-7-9;/h9-10,12H,1-7H2;/q-1;. The SMILES string of the molecule is N#CC([NH-])C1CCCCCCC1.[Re]. The van der Waals surface area contributed by atoms with Crippen molar-refractivity contribution in [2.24, 2.45) is 5.92 Å². The van der Waals surface area contributed by atoms with E-state index in [0.29, 0.717) is 5.92 Å². The molecule has 0 bridgehead atoms. The van der Waals surface area contributed by atoms with Crippen LogP contribution in [-0.4, -0.2) is 6.04 Å². The fraction of sp³-hybridized carbons (Fsp3) is 0.900. The first-order valence-electron chi connectivity index (χ1n) is 4.95. The van der Waals surface area contributed by atoms with Crippen LogP contribution < -0.4 is 0 Å². The molecule has 1 aliphatic carbocycles. The van der Waals surface area contributed by atoms with Crippen LogP contribution in [0.5, 0.6) is 0 Å². The van der Waals surface area contributed by atoms with Crippen molar-refractivity contribution in [3.05, 3.63) is 5.73 Å². The van der Waals surface area contributed by atoms with E-state index in [2.05, 4.69) is 0 Å². The molecule has 1 saturated carbocycles. The van der Waals surface area contributed by atoms with Crippen LogP contribution in [0.25, 0.3) is 5.73 Å². The van der Waals surface area contributed by atoms with Crippen LogP contribution >= 0.6 is 0 Å². The first-order valence-corrected chi connectivity index (χ1v) is 4.95. The topological polar surface area (TPSA) is 47.6 Å².